The van der Waals surface area contributed by atoms with Gasteiger partial charge in [-0.05, 0) is 11.6 Å². The molecule has 1 aromatic carbocycles. The molecule has 0 saturated carbocycles. The number of hydrogen-bond donors (Lipinski definition) is 3. The van der Waals surface area contributed by atoms with Gasteiger partial charge in [0.1, 0.15) is 0 Å². The summed E-state index contributed by atoms with van der Waals surface area (Å²) in [5, 5.41) is 18.4. The summed E-state index contributed by atoms with van der Waals surface area (Å²) >= 11 is 0. The third-order valence-corrected chi connectivity index (χ3v) is 2.94. The zero-order valence-corrected chi connectivity index (χ0v) is 11.4. The van der Waals surface area contributed by atoms with Gasteiger partial charge >= 0.3 is 0 Å². The second kappa shape index (κ2) is 7.09. The minimum absolute atomic E-state index is 0.0465. The van der Waals surface area contributed by atoms with Crippen molar-refractivity contribution in [2.45, 2.75) is 13.0 Å². The number of rotatable bonds is 6. The predicted molar refractivity (Wildman–Crippen MR) is 77.9 cm³/mol. The molecule has 0 aliphatic rings. The van der Waals surface area contributed by atoms with Crippen LogP contribution in [0.15, 0.2) is 47.9 Å². The molecule has 1 amide bonds. The molecule has 0 unspecified atom stereocenters. The lowest BCUT2D eigenvalue weighted by Crippen LogP contribution is -2.28. The highest BCUT2D eigenvalue weighted by Gasteiger charge is 2.04. The summed E-state index contributed by atoms with van der Waals surface area (Å²) in [6.07, 6.45) is 3.83. The molecule has 2 aromatic rings. The van der Waals surface area contributed by atoms with Crippen molar-refractivity contribution < 1.29 is 10.0 Å². The van der Waals surface area contributed by atoms with E-state index in [0.29, 0.717) is 18.7 Å². The minimum atomic E-state index is -0.0568. The van der Waals surface area contributed by atoms with E-state index < -0.39 is 0 Å². The van der Waals surface area contributed by atoms with E-state index in [4.69, 9.17) is 10.9 Å². The summed E-state index contributed by atoms with van der Waals surface area (Å²) in [6, 6.07) is 8.81. The molecular weight excluding hydrogens is 270 g/mol. The molecule has 0 bridgehead atoms. The number of carbonyl (C=O) groups excluding carboxylic acids is 1. The number of carbonyl (C=O) groups is 1. The Balaban J connectivity index is 1.79. The van der Waals surface area contributed by atoms with Crippen LogP contribution >= 0.6 is 0 Å². The molecule has 0 aliphatic heterocycles. The lowest BCUT2D eigenvalue weighted by atomic mass is 10.1. The van der Waals surface area contributed by atoms with Gasteiger partial charge in [0.15, 0.2) is 5.84 Å². The number of amidine groups is 1. The van der Waals surface area contributed by atoms with Gasteiger partial charge < -0.3 is 16.3 Å². The molecule has 21 heavy (non-hydrogen) atoms. The summed E-state index contributed by atoms with van der Waals surface area (Å²) in [6.45, 7) is 1.17. The Morgan fingerprint density at radius 3 is 2.76 bits per heavy atom. The molecule has 110 valence electrons. The predicted octanol–water partition coefficient (Wildman–Crippen LogP) is 0.337. The van der Waals surface area contributed by atoms with Gasteiger partial charge in [-0.3, -0.25) is 9.48 Å². The zero-order valence-electron chi connectivity index (χ0n) is 11.4. The van der Waals surface area contributed by atoms with Crippen LogP contribution in [0, 0.1) is 0 Å². The first-order valence-corrected chi connectivity index (χ1v) is 6.50. The number of oxime groups is 1. The number of aromatic nitrogens is 2. The number of hydrogen-bond acceptors (Lipinski definition) is 4. The van der Waals surface area contributed by atoms with Crippen molar-refractivity contribution in [3.63, 3.8) is 0 Å². The second-order valence-electron chi connectivity index (χ2n) is 4.48. The number of amides is 1. The van der Waals surface area contributed by atoms with Gasteiger partial charge in [0, 0.05) is 24.5 Å². The zero-order chi connectivity index (χ0) is 15.1. The first kappa shape index (κ1) is 14.6. The first-order valence-electron chi connectivity index (χ1n) is 6.50. The fourth-order valence-electron chi connectivity index (χ4n) is 1.84. The molecule has 4 N–H and O–H groups in total. The largest absolute Gasteiger partial charge is 0.409 e. The van der Waals surface area contributed by atoms with Crippen molar-refractivity contribution in [2.24, 2.45) is 10.9 Å². The summed E-state index contributed by atoms with van der Waals surface area (Å²) in [5.74, 6) is -0.0103. The minimum Gasteiger partial charge on any atom is -0.409 e. The molecule has 1 aromatic heterocycles. The van der Waals surface area contributed by atoms with Gasteiger partial charge in [0.05, 0.1) is 13.0 Å². The van der Waals surface area contributed by atoms with Crippen LogP contribution in [0.25, 0.3) is 0 Å². The van der Waals surface area contributed by atoms with Crippen molar-refractivity contribution in [1.29, 1.82) is 0 Å². The van der Waals surface area contributed by atoms with Crippen molar-refractivity contribution in [2.75, 3.05) is 6.54 Å². The first-order chi connectivity index (χ1) is 10.2. The van der Waals surface area contributed by atoms with Crippen LogP contribution < -0.4 is 11.1 Å². The Hall–Kier alpha value is -2.83. The van der Waals surface area contributed by atoms with E-state index in [1.165, 1.54) is 0 Å². The van der Waals surface area contributed by atoms with Crippen LogP contribution in [-0.2, 0) is 17.8 Å². The Morgan fingerprint density at radius 2 is 2.14 bits per heavy atom. The average molecular weight is 287 g/mol. The SMILES string of the molecule is NC(=NO)c1ccc(CC(=O)NCCn2cccn2)cc1. The van der Waals surface area contributed by atoms with Crippen molar-refractivity contribution in [3.05, 3.63) is 53.9 Å². The Labute approximate surface area is 122 Å². The maximum atomic E-state index is 11.8. The molecule has 0 atom stereocenters. The highest BCUT2D eigenvalue weighted by molar-refractivity contribution is 5.97. The number of nitrogens with two attached hydrogens (primary N) is 1. The number of benzene rings is 1. The van der Waals surface area contributed by atoms with Crippen molar-refractivity contribution in [1.82, 2.24) is 15.1 Å². The maximum absolute atomic E-state index is 11.8. The van der Waals surface area contributed by atoms with Crippen LogP contribution in [0.3, 0.4) is 0 Å². The monoisotopic (exact) mass is 287 g/mol. The van der Waals surface area contributed by atoms with Gasteiger partial charge in [-0.25, -0.2) is 0 Å². The summed E-state index contributed by atoms with van der Waals surface area (Å²) in [5.41, 5.74) is 6.94. The summed E-state index contributed by atoms with van der Waals surface area (Å²) < 4.78 is 1.76. The van der Waals surface area contributed by atoms with Crippen LogP contribution in [0.5, 0.6) is 0 Å². The van der Waals surface area contributed by atoms with E-state index in [1.54, 1.807) is 35.1 Å². The van der Waals surface area contributed by atoms with Gasteiger partial charge in [0.2, 0.25) is 5.91 Å². The molecule has 0 radical (unpaired) electrons. The normalized spacial score (nSPS) is 11.3. The van der Waals surface area contributed by atoms with Gasteiger partial charge in [0.25, 0.3) is 0 Å². The lowest BCUT2D eigenvalue weighted by Gasteiger charge is -2.06. The Bertz CT molecular complexity index is 605. The fraction of sp³-hybridized carbons (Fsp3) is 0.214. The Morgan fingerprint density at radius 1 is 1.38 bits per heavy atom. The quantitative estimate of drug-likeness (QED) is 0.308. The average Bonchev–Trinajstić information content (AvgIpc) is 3.00. The van der Waals surface area contributed by atoms with E-state index in [1.807, 2.05) is 12.3 Å². The fourth-order valence-corrected chi connectivity index (χ4v) is 1.84. The van der Waals surface area contributed by atoms with Crippen LogP contribution in [0.1, 0.15) is 11.1 Å². The van der Waals surface area contributed by atoms with Gasteiger partial charge in [-0.1, -0.05) is 29.4 Å². The molecule has 0 aliphatic carbocycles. The molecule has 2 rings (SSSR count). The van der Waals surface area contributed by atoms with Crippen molar-refractivity contribution in [3.8, 4) is 0 Å². The molecule has 0 saturated heterocycles. The molecule has 0 spiro atoms. The standard InChI is InChI=1S/C14H17N5O2/c15-14(18-21)12-4-2-11(3-5-12)10-13(20)16-7-9-19-8-1-6-17-19/h1-6,8,21H,7,9-10H2,(H2,15,18)(H,16,20). The highest BCUT2D eigenvalue weighted by Crippen LogP contribution is 2.05. The van der Waals surface area contributed by atoms with E-state index in [-0.39, 0.29) is 18.2 Å². The maximum Gasteiger partial charge on any atom is 0.224 e. The second-order valence-corrected chi connectivity index (χ2v) is 4.48. The van der Waals surface area contributed by atoms with E-state index in [2.05, 4.69) is 15.6 Å². The smallest absolute Gasteiger partial charge is 0.224 e. The van der Waals surface area contributed by atoms with Gasteiger partial charge in [-0.2, -0.15) is 5.10 Å². The highest BCUT2D eigenvalue weighted by atomic mass is 16.4. The van der Waals surface area contributed by atoms with Crippen LogP contribution in [0.2, 0.25) is 0 Å². The van der Waals surface area contributed by atoms with Gasteiger partial charge in [-0.15, -0.1) is 0 Å². The Kier molecular flexibility index (Phi) is 4.92. The van der Waals surface area contributed by atoms with E-state index in [0.717, 1.165) is 5.56 Å². The summed E-state index contributed by atoms with van der Waals surface area (Å²) in [4.78, 5) is 11.8. The molecule has 0 fully saturated rings. The molecular formula is C14H17N5O2. The van der Waals surface area contributed by atoms with E-state index >= 15 is 0 Å². The lowest BCUT2D eigenvalue weighted by molar-refractivity contribution is -0.120. The number of nitrogens with zero attached hydrogens (tertiary/aromatic N) is 3. The molecule has 7 heteroatoms. The summed E-state index contributed by atoms with van der Waals surface area (Å²) in [7, 11) is 0. The molecule has 7 nitrogen and oxygen atoms in total. The van der Waals surface area contributed by atoms with Crippen LogP contribution in [0.4, 0.5) is 0 Å². The molecule has 1 heterocycles. The van der Waals surface area contributed by atoms with Crippen LogP contribution in [-0.4, -0.2) is 33.3 Å². The third-order valence-electron chi connectivity index (χ3n) is 2.94. The topological polar surface area (TPSA) is 106 Å². The van der Waals surface area contributed by atoms with E-state index in [9.17, 15) is 4.79 Å². The van der Waals surface area contributed by atoms with Crippen molar-refractivity contribution >= 4 is 11.7 Å². The number of nitrogens with one attached hydrogen (secondary N) is 1. The third kappa shape index (κ3) is 4.34.